The highest BCUT2D eigenvalue weighted by molar-refractivity contribution is 7.73. The predicted octanol–water partition coefficient (Wildman–Crippen LogP) is 6.21. The van der Waals surface area contributed by atoms with E-state index in [0.29, 0.717) is 17.6 Å². The molecule has 0 amide bonds. The van der Waals surface area contributed by atoms with Crippen molar-refractivity contribution in [3.63, 3.8) is 0 Å². The van der Waals surface area contributed by atoms with E-state index >= 15 is 0 Å². The molecule has 3 atom stereocenters. The average molecular weight is 416 g/mol. The van der Waals surface area contributed by atoms with Gasteiger partial charge in [0.05, 0.1) is 0 Å². The zero-order valence-corrected chi connectivity index (χ0v) is 19.6. The maximum atomic E-state index is 2.46. The van der Waals surface area contributed by atoms with Crippen molar-refractivity contribution in [2.45, 2.75) is 44.8 Å². The summed E-state index contributed by atoms with van der Waals surface area (Å²) in [4.78, 5) is 2.46. The summed E-state index contributed by atoms with van der Waals surface area (Å²) in [7, 11) is 4.11. The number of rotatable bonds is 6. The molecule has 3 aromatic carbocycles. The van der Waals surface area contributed by atoms with E-state index in [1.807, 2.05) is 0 Å². The van der Waals surface area contributed by atoms with E-state index in [2.05, 4.69) is 112 Å². The van der Waals surface area contributed by atoms with E-state index in [4.69, 9.17) is 0 Å². The third kappa shape index (κ3) is 4.25. The van der Waals surface area contributed by atoms with Crippen LogP contribution in [0.2, 0.25) is 0 Å². The molecule has 0 saturated heterocycles. The number of hydrogen-bond acceptors (Lipinski definition) is 1. The van der Waals surface area contributed by atoms with E-state index in [1.165, 1.54) is 36.0 Å². The molecule has 1 saturated carbocycles. The van der Waals surface area contributed by atoms with Crippen molar-refractivity contribution < 1.29 is 0 Å². The fourth-order valence-corrected chi connectivity index (χ4v) is 8.90. The third-order valence-corrected chi connectivity index (χ3v) is 10.1. The fourth-order valence-electron chi connectivity index (χ4n) is 5.39. The monoisotopic (exact) mass is 415 g/mol. The van der Waals surface area contributed by atoms with Gasteiger partial charge in [0.2, 0.25) is 0 Å². The van der Waals surface area contributed by atoms with Crippen LogP contribution < -0.4 is 10.6 Å². The van der Waals surface area contributed by atoms with Crippen molar-refractivity contribution in [2.75, 3.05) is 14.1 Å². The van der Waals surface area contributed by atoms with Crippen LogP contribution in [0.25, 0.3) is 0 Å². The zero-order chi connectivity index (χ0) is 21.1. The SMILES string of the molecule is Cc1ccccc1P(c1ccccc1C)C1CCCC1[C@@H](c1ccccc1)N(C)C. The Bertz CT molecular complexity index is 920. The largest absolute Gasteiger partial charge is 0.302 e. The van der Waals surface area contributed by atoms with E-state index in [9.17, 15) is 0 Å². The summed E-state index contributed by atoms with van der Waals surface area (Å²) in [5.41, 5.74) is 5.05. The van der Waals surface area contributed by atoms with Crippen LogP contribution in [0.3, 0.4) is 0 Å². The summed E-state index contributed by atoms with van der Waals surface area (Å²) in [5, 5.41) is 3.15. The summed E-state index contributed by atoms with van der Waals surface area (Å²) in [5.74, 6) is 0.674. The second-order valence-electron chi connectivity index (χ2n) is 8.92. The molecule has 1 fully saturated rings. The number of nitrogens with zero attached hydrogens (tertiary/aromatic N) is 1. The van der Waals surface area contributed by atoms with Crippen molar-refractivity contribution >= 4 is 18.5 Å². The van der Waals surface area contributed by atoms with Gasteiger partial charge in [-0.25, -0.2) is 0 Å². The van der Waals surface area contributed by atoms with E-state index in [-0.39, 0.29) is 0 Å². The highest BCUT2D eigenvalue weighted by Gasteiger charge is 2.41. The molecule has 1 aliphatic rings. The predicted molar refractivity (Wildman–Crippen MR) is 133 cm³/mol. The summed E-state index contributed by atoms with van der Waals surface area (Å²) in [6.07, 6.45) is 3.98. The maximum Gasteiger partial charge on any atom is 0.0376 e. The van der Waals surface area contributed by atoms with Crippen LogP contribution >= 0.6 is 7.92 Å². The highest BCUT2D eigenvalue weighted by atomic mass is 31.1. The molecular weight excluding hydrogens is 381 g/mol. The van der Waals surface area contributed by atoms with E-state index in [0.717, 1.165) is 0 Å². The van der Waals surface area contributed by atoms with Crippen LogP contribution in [0.5, 0.6) is 0 Å². The lowest BCUT2D eigenvalue weighted by molar-refractivity contribution is 0.217. The molecule has 0 spiro atoms. The Morgan fingerprint density at radius 1 is 0.733 bits per heavy atom. The lowest BCUT2D eigenvalue weighted by atomic mass is 9.90. The first kappa shape index (κ1) is 21.3. The summed E-state index contributed by atoms with van der Waals surface area (Å²) in [6, 6.07) is 29.9. The first-order valence-corrected chi connectivity index (χ1v) is 12.6. The fraction of sp³-hybridized carbons (Fsp3) is 0.357. The van der Waals surface area contributed by atoms with Gasteiger partial charge in [-0.15, -0.1) is 0 Å². The van der Waals surface area contributed by atoms with Gasteiger partial charge in [0.25, 0.3) is 0 Å². The summed E-state index contributed by atoms with van der Waals surface area (Å²) >= 11 is 0. The van der Waals surface area contributed by atoms with E-state index in [1.54, 1.807) is 10.6 Å². The molecule has 1 aliphatic carbocycles. The first-order chi connectivity index (χ1) is 14.6. The Kier molecular flexibility index (Phi) is 6.71. The number of hydrogen-bond donors (Lipinski definition) is 0. The van der Waals surface area contributed by atoms with Crippen LogP contribution in [0, 0.1) is 19.8 Å². The minimum absolute atomic E-state index is 0.407. The van der Waals surface area contributed by atoms with Crippen LogP contribution in [0.1, 0.15) is 42.0 Å². The summed E-state index contributed by atoms with van der Waals surface area (Å²) in [6.45, 7) is 4.60. The van der Waals surface area contributed by atoms with Crippen LogP contribution in [-0.2, 0) is 0 Å². The quantitative estimate of drug-likeness (QED) is 0.433. The Morgan fingerprint density at radius 3 is 1.80 bits per heavy atom. The first-order valence-electron chi connectivity index (χ1n) is 11.2. The molecular formula is C28H34NP. The summed E-state index contributed by atoms with van der Waals surface area (Å²) < 4.78 is 0. The normalized spacial score (nSPS) is 20.1. The smallest absolute Gasteiger partial charge is 0.0376 e. The van der Waals surface area contributed by atoms with Gasteiger partial charge in [-0.05, 0) is 87.6 Å². The van der Waals surface area contributed by atoms with Gasteiger partial charge >= 0.3 is 0 Å². The Morgan fingerprint density at radius 2 is 1.27 bits per heavy atom. The number of benzene rings is 3. The maximum absolute atomic E-state index is 2.46. The van der Waals surface area contributed by atoms with Gasteiger partial charge in [0.1, 0.15) is 0 Å². The molecule has 0 aromatic heterocycles. The Hall–Kier alpha value is -1.95. The number of aryl methyl sites for hydroxylation is 2. The molecule has 0 aliphatic heterocycles. The molecule has 30 heavy (non-hydrogen) atoms. The van der Waals surface area contributed by atoms with Gasteiger partial charge in [0.15, 0.2) is 0 Å². The second-order valence-corrected chi connectivity index (χ2v) is 11.3. The zero-order valence-electron chi connectivity index (χ0n) is 18.8. The lowest BCUT2D eigenvalue weighted by Crippen LogP contribution is -2.35. The molecule has 0 bridgehead atoms. The van der Waals surface area contributed by atoms with Crippen molar-refractivity contribution in [1.29, 1.82) is 0 Å². The molecule has 0 radical (unpaired) electrons. The lowest BCUT2D eigenvalue weighted by Gasteiger charge is -2.39. The van der Waals surface area contributed by atoms with Crippen LogP contribution in [0.4, 0.5) is 0 Å². The van der Waals surface area contributed by atoms with Gasteiger partial charge in [-0.1, -0.05) is 85.3 Å². The molecule has 1 nitrogen and oxygen atoms in total. The van der Waals surface area contributed by atoms with Gasteiger partial charge in [0, 0.05) is 6.04 Å². The molecule has 0 heterocycles. The van der Waals surface area contributed by atoms with Gasteiger partial charge < -0.3 is 4.90 Å². The van der Waals surface area contributed by atoms with Crippen molar-refractivity contribution in [2.24, 2.45) is 5.92 Å². The highest BCUT2D eigenvalue weighted by Crippen LogP contribution is 2.55. The van der Waals surface area contributed by atoms with Gasteiger partial charge in [-0.2, -0.15) is 0 Å². The van der Waals surface area contributed by atoms with Gasteiger partial charge in [-0.3, -0.25) is 0 Å². The van der Waals surface area contributed by atoms with Crippen molar-refractivity contribution in [1.82, 2.24) is 4.90 Å². The van der Waals surface area contributed by atoms with Crippen molar-refractivity contribution in [3.05, 3.63) is 95.6 Å². The second kappa shape index (κ2) is 9.46. The minimum atomic E-state index is -0.407. The average Bonchev–Trinajstić information content (AvgIpc) is 3.20. The third-order valence-electron chi connectivity index (χ3n) is 6.72. The minimum Gasteiger partial charge on any atom is -0.302 e. The molecule has 2 heteroatoms. The topological polar surface area (TPSA) is 3.24 Å². The molecule has 4 rings (SSSR count). The standard InChI is InChI=1S/C28H34NP/c1-21-13-8-10-18-25(21)30(26-19-11-9-14-22(26)2)27-20-12-17-24(27)28(29(3)4)23-15-6-5-7-16-23/h5-11,13-16,18-19,24,27-28H,12,17,20H2,1-4H3/t24?,27?,28-/m1/s1. The Balaban J connectivity index is 1.82. The van der Waals surface area contributed by atoms with E-state index < -0.39 is 7.92 Å². The molecule has 2 unspecified atom stereocenters. The van der Waals surface area contributed by atoms with Crippen LogP contribution in [0.15, 0.2) is 78.9 Å². The van der Waals surface area contributed by atoms with Crippen LogP contribution in [-0.4, -0.2) is 24.7 Å². The molecule has 0 N–H and O–H groups in total. The Labute approximate surface area is 183 Å². The molecule has 3 aromatic rings. The van der Waals surface area contributed by atoms with Crippen molar-refractivity contribution in [3.8, 4) is 0 Å². The molecule has 156 valence electrons.